The Balaban J connectivity index is 3.26. The highest BCUT2D eigenvalue weighted by molar-refractivity contribution is 9.24. The molecule has 1 aromatic rings. The fraction of sp³-hybridized carbons (Fsp3) is 0.222. The molecule has 0 spiro atoms. The summed E-state index contributed by atoms with van der Waals surface area (Å²) in [6, 6.07) is 5.17. The Labute approximate surface area is 121 Å². The first-order chi connectivity index (χ1) is 6.91. The second-order valence-corrected chi connectivity index (χ2v) is 8.92. The molecule has 1 aromatic carbocycles. The molecule has 0 bridgehead atoms. The van der Waals surface area contributed by atoms with E-state index in [1.807, 2.05) is 6.07 Å². The third kappa shape index (κ3) is 3.84. The van der Waals surface area contributed by atoms with Crippen molar-refractivity contribution in [1.82, 2.24) is 0 Å². The van der Waals surface area contributed by atoms with E-state index < -0.39 is 5.97 Å². The van der Waals surface area contributed by atoms with Gasteiger partial charge in [0.1, 0.15) is 0 Å². The molecule has 0 aromatic heterocycles. The Morgan fingerprint density at radius 2 is 1.40 bits per heavy atom. The minimum absolute atomic E-state index is 0.0539. The fourth-order valence-corrected chi connectivity index (χ4v) is 2.11. The molecule has 82 valence electrons. The normalized spacial score (nSPS) is 11.1. The van der Waals surface area contributed by atoms with Gasteiger partial charge in [0.25, 0.3) is 0 Å². The molecule has 0 saturated heterocycles. The van der Waals surface area contributed by atoms with Crippen molar-refractivity contribution in [3.05, 3.63) is 34.9 Å². The third-order valence-corrected chi connectivity index (χ3v) is 3.84. The molecule has 1 N–H and O–H groups in total. The van der Waals surface area contributed by atoms with E-state index >= 15 is 0 Å². The first-order valence-corrected chi connectivity index (χ1v) is 7.52. The molecule has 1 rings (SSSR count). The molecule has 0 radical (unpaired) electrons. The number of benzene rings is 1. The molecule has 0 unspecified atom stereocenters. The van der Waals surface area contributed by atoms with Crippen LogP contribution in [0.2, 0.25) is 0 Å². The van der Waals surface area contributed by atoms with E-state index in [2.05, 4.69) is 63.7 Å². The summed E-state index contributed by atoms with van der Waals surface area (Å²) in [5.41, 5.74) is 2.01. The van der Waals surface area contributed by atoms with Crippen LogP contribution in [0.5, 0.6) is 0 Å². The molecule has 6 heteroatoms. The number of carboxylic acids is 1. The summed E-state index contributed by atoms with van der Waals surface area (Å²) in [4.78, 5) is 10.9. The van der Waals surface area contributed by atoms with Crippen LogP contribution in [0.4, 0.5) is 0 Å². The zero-order chi connectivity index (χ0) is 11.6. The number of rotatable bonds is 3. The highest BCUT2D eigenvalue weighted by atomic mass is 79.9. The van der Waals surface area contributed by atoms with Gasteiger partial charge in [0.15, 0.2) is 0 Å². The van der Waals surface area contributed by atoms with Gasteiger partial charge in [-0.1, -0.05) is 69.8 Å². The van der Waals surface area contributed by atoms with Gasteiger partial charge in [-0.25, -0.2) is 4.79 Å². The van der Waals surface area contributed by atoms with Crippen molar-refractivity contribution in [3.63, 3.8) is 0 Å². The molecule has 0 amide bonds. The molecule has 15 heavy (non-hydrogen) atoms. The maximum atomic E-state index is 10.9. The Hall–Kier alpha value is 0.610. The summed E-state index contributed by atoms with van der Waals surface area (Å²) in [7, 11) is 0. The summed E-state index contributed by atoms with van der Waals surface area (Å²) in [6.45, 7) is 0. The van der Waals surface area contributed by atoms with Crippen molar-refractivity contribution < 1.29 is 9.90 Å². The summed E-state index contributed by atoms with van der Waals surface area (Å²) < 4.78 is -0.108. The SMILES string of the molecule is O=C(O)c1cc(C(Br)Br)cc(C(Br)Br)c1. The maximum Gasteiger partial charge on any atom is 0.335 e. The third-order valence-electron chi connectivity index (χ3n) is 1.73. The number of aromatic carboxylic acids is 1. The number of carbonyl (C=O) groups is 1. The van der Waals surface area contributed by atoms with Gasteiger partial charge in [-0.15, -0.1) is 0 Å². The van der Waals surface area contributed by atoms with Gasteiger partial charge < -0.3 is 5.11 Å². The highest BCUT2D eigenvalue weighted by Crippen LogP contribution is 2.35. The second-order valence-electron chi connectivity index (χ2n) is 2.79. The van der Waals surface area contributed by atoms with Crippen LogP contribution in [0.15, 0.2) is 18.2 Å². The Kier molecular flexibility index (Phi) is 5.28. The van der Waals surface area contributed by atoms with Crippen LogP contribution in [-0.4, -0.2) is 11.1 Å². The molecule has 0 aliphatic rings. The lowest BCUT2D eigenvalue weighted by Gasteiger charge is -2.09. The summed E-state index contributed by atoms with van der Waals surface area (Å²) in [6.07, 6.45) is 0. The van der Waals surface area contributed by atoms with Crippen LogP contribution in [0.3, 0.4) is 0 Å². The van der Waals surface area contributed by atoms with E-state index in [1.54, 1.807) is 12.1 Å². The first-order valence-electron chi connectivity index (χ1n) is 3.86. The first kappa shape index (κ1) is 13.7. The van der Waals surface area contributed by atoms with Gasteiger partial charge >= 0.3 is 5.97 Å². The van der Waals surface area contributed by atoms with E-state index in [-0.39, 0.29) is 13.0 Å². The van der Waals surface area contributed by atoms with Crippen molar-refractivity contribution in [1.29, 1.82) is 0 Å². The lowest BCUT2D eigenvalue weighted by molar-refractivity contribution is 0.0696. The van der Waals surface area contributed by atoms with E-state index in [1.165, 1.54) is 0 Å². The molecular formula is C9H6Br4O2. The summed E-state index contributed by atoms with van der Waals surface area (Å²) in [5.74, 6) is -0.931. The number of carboxylic acid groups (broad SMARTS) is 1. The molecule has 0 atom stereocenters. The van der Waals surface area contributed by atoms with E-state index in [9.17, 15) is 4.79 Å². The van der Waals surface area contributed by atoms with Crippen LogP contribution in [-0.2, 0) is 0 Å². The number of alkyl halides is 4. The fourth-order valence-electron chi connectivity index (χ4n) is 1.05. The van der Waals surface area contributed by atoms with Crippen LogP contribution < -0.4 is 0 Å². The average molecular weight is 466 g/mol. The molecule has 0 aliphatic heterocycles. The summed E-state index contributed by atoms with van der Waals surface area (Å²) >= 11 is 13.4. The minimum Gasteiger partial charge on any atom is -0.478 e. The van der Waals surface area contributed by atoms with Gasteiger partial charge in [0.2, 0.25) is 0 Å². The number of hydrogen-bond acceptors (Lipinski definition) is 1. The molecule has 0 saturated carbocycles. The smallest absolute Gasteiger partial charge is 0.335 e. The van der Waals surface area contributed by atoms with Crippen LogP contribution in [0.1, 0.15) is 29.0 Å². The molecule has 0 aliphatic carbocycles. The van der Waals surface area contributed by atoms with Gasteiger partial charge in [-0.05, 0) is 23.3 Å². The Bertz CT molecular complexity index is 350. The number of halogens is 4. The monoisotopic (exact) mass is 462 g/mol. The van der Waals surface area contributed by atoms with Crippen LogP contribution in [0, 0.1) is 0 Å². The predicted octanol–water partition coefficient (Wildman–Crippen LogP) is 4.96. The van der Waals surface area contributed by atoms with E-state index in [4.69, 9.17) is 5.11 Å². The Morgan fingerprint density at radius 1 is 1.00 bits per heavy atom. The van der Waals surface area contributed by atoms with Gasteiger partial charge in [0, 0.05) is 0 Å². The standard InChI is InChI=1S/C9H6Br4O2/c10-7(11)4-1-5(8(12)13)3-6(2-4)9(14)15/h1-3,7-8H,(H,14,15). The largest absolute Gasteiger partial charge is 0.478 e. The van der Waals surface area contributed by atoms with Crippen molar-refractivity contribution in [2.45, 2.75) is 7.47 Å². The molecule has 2 nitrogen and oxygen atoms in total. The molecule has 0 fully saturated rings. The lowest BCUT2D eigenvalue weighted by atomic mass is 10.1. The molecular weight excluding hydrogens is 460 g/mol. The van der Waals surface area contributed by atoms with Gasteiger partial charge in [-0.2, -0.15) is 0 Å². The zero-order valence-corrected chi connectivity index (χ0v) is 13.6. The van der Waals surface area contributed by atoms with Crippen molar-refractivity contribution in [2.75, 3.05) is 0 Å². The van der Waals surface area contributed by atoms with Crippen molar-refractivity contribution in [2.24, 2.45) is 0 Å². The topological polar surface area (TPSA) is 37.3 Å². The van der Waals surface area contributed by atoms with Crippen LogP contribution in [0.25, 0.3) is 0 Å². The second kappa shape index (κ2) is 5.80. The van der Waals surface area contributed by atoms with Gasteiger partial charge in [0.05, 0.1) is 13.0 Å². The van der Waals surface area contributed by atoms with Gasteiger partial charge in [-0.3, -0.25) is 0 Å². The molecule has 0 heterocycles. The van der Waals surface area contributed by atoms with E-state index in [0.29, 0.717) is 0 Å². The maximum absolute atomic E-state index is 10.9. The van der Waals surface area contributed by atoms with Crippen molar-refractivity contribution >= 4 is 69.7 Å². The summed E-state index contributed by atoms with van der Waals surface area (Å²) in [5, 5.41) is 8.94. The lowest BCUT2D eigenvalue weighted by Crippen LogP contribution is -1.99. The zero-order valence-electron chi connectivity index (χ0n) is 7.25. The minimum atomic E-state index is -0.931. The van der Waals surface area contributed by atoms with E-state index in [0.717, 1.165) is 11.1 Å². The quantitative estimate of drug-likeness (QED) is 0.641. The number of hydrogen-bond donors (Lipinski definition) is 1. The van der Waals surface area contributed by atoms with Crippen molar-refractivity contribution in [3.8, 4) is 0 Å². The predicted molar refractivity (Wildman–Crippen MR) is 74.6 cm³/mol. The Morgan fingerprint density at radius 3 is 1.67 bits per heavy atom. The van der Waals surface area contributed by atoms with Crippen LogP contribution >= 0.6 is 63.7 Å². The highest BCUT2D eigenvalue weighted by Gasteiger charge is 2.13. The average Bonchev–Trinajstić information content (AvgIpc) is 2.16.